The fraction of sp³-hybridized carbons (Fsp3) is 0.143. The zero-order valence-corrected chi connectivity index (χ0v) is 7.29. The van der Waals surface area contributed by atoms with Gasteiger partial charge in [0.1, 0.15) is 0 Å². The summed E-state index contributed by atoms with van der Waals surface area (Å²) < 4.78 is 4.79. The first kappa shape index (κ1) is 9.59. The molecule has 3 heteroatoms. The van der Waals surface area contributed by atoms with Crippen LogP contribution in [0.25, 0.3) is 0 Å². The fourth-order valence-electron chi connectivity index (χ4n) is 0.630. The molecule has 0 amide bonds. The second-order valence-corrected chi connectivity index (χ2v) is 1.67. The third-order valence-electron chi connectivity index (χ3n) is 1.09. The van der Waals surface area contributed by atoms with E-state index in [0.717, 1.165) is 0 Å². The largest absolute Gasteiger partial charge is 0.504 e. The van der Waals surface area contributed by atoms with Gasteiger partial charge in [0.25, 0.3) is 0 Å². The van der Waals surface area contributed by atoms with Gasteiger partial charge in [0.15, 0.2) is 11.5 Å². The van der Waals surface area contributed by atoms with E-state index in [0.29, 0.717) is 5.75 Å². The molecule has 0 aromatic heterocycles. The first-order valence-corrected chi connectivity index (χ1v) is 2.66. The van der Waals surface area contributed by atoms with Gasteiger partial charge in [-0.05, 0) is 12.1 Å². The smallest absolute Gasteiger partial charge is 0.160 e. The number of rotatable bonds is 1. The molecule has 1 rings (SSSR count). The van der Waals surface area contributed by atoms with Gasteiger partial charge in [-0.2, -0.15) is 0 Å². The topological polar surface area (TPSA) is 29.5 Å². The highest BCUT2D eigenvalue weighted by atomic mass is 24.3. The Morgan fingerprint density at radius 1 is 1.30 bits per heavy atom. The lowest BCUT2D eigenvalue weighted by atomic mass is 10.3. The molecule has 2 nitrogen and oxygen atoms in total. The minimum atomic E-state index is 0. The Morgan fingerprint density at radius 3 is 2.30 bits per heavy atom. The molecule has 10 heavy (non-hydrogen) atoms. The lowest BCUT2D eigenvalue weighted by Gasteiger charge is -1.99. The number of ether oxygens (including phenoxy) is 1. The molecule has 0 saturated carbocycles. The monoisotopic (exact) mass is 148 g/mol. The molecule has 0 unspecified atom stereocenters. The van der Waals surface area contributed by atoms with Crippen LogP contribution in [0.4, 0.5) is 0 Å². The van der Waals surface area contributed by atoms with Gasteiger partial charge < -0.3 is 9.84 Å². The van der Waals surface area contributed by atoms with Gasteiger partial charge in [-0.15, -0.1) is 0 Å². The Hall–Kier alpha value is -0.414. The zero-order chi connectivity index (χ0) is 6.69. The normalized spacial score (nSPS) is 8.10. The Kier molecular flexibility index (Phi) is 4.23. The van der Waals surface area contributed by atoms with Crippen molar-refractivity contribution in [1.29, 1.82) is 0 Å². The Balaban J connectivity index is 0.000000810. The minimum absolute atomic E-state index is 0. The van der Waals surface area contributed by atoms with Crippen LogP contribution in [0.1, 0.15) is 0 Å². The quantitative estimate of drug-likeness (QED) is 0.603. The average molecular weight is 148 g/mol. The van der Waals surface area contributed by atoms with Crippen molar-refractivity contribution in [3.05, 3.63) is 24.3 Å². The fourth-order valence-corrected chi connectivity index (χ4v) is 0.630. The van der Waals surface area contributed by atoms with E-state index in [2.05, 4.69) is 0 Å². The van der Waals surface area contributed by atoms with E-state index >= 15 is 0 Å². The van der Waals surface area contributed by atoms with E-state index in [1.165, 1.54) is 7.11 Å². The second-order valence-electron chi connectivity index (χ2n) is 1.67. The molecule has 1 N–H and O–H groups in total. The molecular formula is C7H8MgO2. The maximum atomic E-state index is 8.99. The number of hydrogen-bond donors (Lipinski definition) is 1. The number of phenols is 1. The summed E-state index contributed by atoms with van der Waals surface area (Å²) in [6, 6.07) is 6.84. The van der Waals surface area contributed by atoms with Gasteiger partial charge in [-0.3, -0.25) is 0 Å². The number of para-hydroxylation sites is 2. The highest BCUT2D eigenvalue weighted by Gasteiger charge is 1.94. The molecule has 1 aromatic rings. The third kappa shape index (κ3) is 2.08. The SMILES string of the molecule is COc1ccccc1O.[Mg]. The molecular weight excluding hydrogens is 140 g/mol. The van der Waals surface area contributed by atoms with E-state index in [1.54, 1.807) is 24.3 Å². The summed E-state index contributed by atoms with van der Waals surface area (Å²) in [5.74, 6) is 0.692. The number of hydrogen-bond acceptors (Lipinski definition) is 2. The summed E-state index contributed by atoms with van der Waals surface area (Å²) in [6.07, 6.45) is 0. The molecule has 0 aliphatic heterocycles. The minimum Gasteiger partial charge on any atom is -0.504 e. The van der Waals surface area contributed by atoms with Crippen LogP contribution < -0.4 is 4.74 Å². The summed E-state index contributed by atoms with van der Waals surface area (Å²) >= 11 is 0. The predicted molar refractivity (Wildman–Crippen MR) is 40.4 cm³/mol. The Bertz CT molecular complexity index is 201. The molecule has 0 bridgehead atoms. The van der Waals surface area contributed by atoms with Crippen molar-refractivity contribution in [2.45, 2.75) is 0 Å². The molecule has 0 saturated heterocycles. The zero-order valence-electron chi connectivity index (χ0n) is 5.87. The van der Waals surface area contributed by atoms with Crippen molar-refractivity contribution in [3.8, 4) is 11.5 Å². The maximum Gasteiger partial charge on any atom is 0.160 e. The molecule has 0 heterocycles. The van der Waals surface area contributed by atoms with Crippen LogP contribution in [0.5, 0.6) is 11.5 Å². The summed E-state index contributed by atoms with van der Waals surface area (Å²) in [6.45, 7) is 0. The van der Waals surface area contributed by atoms with Gasteiger partial charge in [0, 0.05) is 23.1 Å². The first-order chi connectivity index (χ1) is 4.34. The number of phenolic OH excluding ortho intramolecular Hbond substituents is 1. The summed E-state index contributed by atoms with van der Waals surface area (Å²) in [5.41, 5.74) is 0. The van der Waals surface area contributed by atoms with E-state index in [4.69, 9.17) is 9.84 Å². The van der Waals surface area contributed by atoms with Gasteiger partial charge >= 0.3 is 0 Å². The number of methoxy groups -OCH3 is 1. The van der Waals surface area contributed by atoms with Crippen molar-refractivity contribution in [1.82, 2.24) is 0 Å². The molecule has 0 spiro atoms. The molecule has 0 atom stereocenters. The lowest BCUT2D eigenvalue weighted by molar-refractivity contribution is 0.373. The van der Waals surface area contributed by atoms with Crippen LogP contribution >= 0.6 is 0 Å². The van der Waals surface area contributed by atoms with Crippen molar-refractivity contribution in [2.24, 2.45) is 0 Å². The molecule has 0 aliphatic carbocycles. The molecule has 0 aliphatic rings. The van der Waals surface area contributed by atoms with Crippen LogP contribution in [0.2, 0.25) is 0 Å². The van der Waals surface area contributed by atoms with E-state index in [9.17, 15) is 0 Å². The molecule has 1 aromatic carbocycles. The van der Waals surface area contributed by atoms with E-state index in [1.807, 2.05) is 0 Å². The van der Waals surface area contributed by atoms with Gasteiger partial charge in [0.2, 0.25) is 0 Å². The molecule has 50 valence electrons. The standard InChI is InChI=1S/C7H8O2.Mg/c1-9-7-5-3-2-4-6(7)8;/h2-5,8H,1H3;. The molecule has 2 radical (unpaired) electrons. The van der Waals surface area contributed by atoms with Crippen molar-refractivity contribution >= 4 is 23.1 Å². The van der Waals surface area contributed by atoms with Crippen LogP contribution in [0, 0.1) is 0 Å². The van der Waals surface area contributed by atoms with Gasteiger partial charge in [-0.1, -0.05) is 12.1 Å². The summed E-state index contributed by atoms with van der Waals surface area (Å²) in [4.78, 5) is 0. The third-order valence-corrected chi connectivity index (χ3v) is 1.09. The van der Waals surface area contributed by atoms with Crippen molar-refractivity contribution < 1.29 is 9.84 Å². The highest BCUT2D eigenvalue weighted by Crippen LogP contribution is 2.22. The average Bonchev–Trinajstić information content (AvgIpc) is 1.89. The van der Waals surface area contributed by atoms with Crippen LogP contribution in [-0.4, -0.2) is 35.3 Å². The number of aromatic hydroxyl groups is 1. The Labute approximate surface area is 76.0 Å². The van der Waals surface area contributed by atoms with Gasteiger partial charge in [-0.25, -0.2) is 0 Å². The van der Waals surface area contributed by atoms with E-state index < -0.39 is 0 Å². The van der Waals surface area contributed by atoms with Crippen molar-refractivity contribution in [2.75, 3.05) is 7.11 Å². The second kappa shape index (κ2) is 4.41. The summed E-state index contributed by atoms with van der Waals surface area (Å²) in [5, 5.41) is 8.99. The summed E-state index contributed by atoms with van der Waals surface area (Å²) in [7, 11) is 1.52. The maximum absolute atomic E-state index is 8.99. The van der Waals surface area contributed by atoms with Crippen LogP contribution in [0.15, 0.2) is 24.3 Å². The van der Waals surface area contributed by atoms with Crippen LogP contribution in [0.3, 0.4) is 0 Å². The lowest BCUT2D eigenvalue weighted by Crippen LogP contribution is -1.80. The highest BCUT2D eigenvalue weighted by molar-refractivity contribution is 5.75. The first-order valence-electron chi connectivity index (χ1n) is 2.66. The number of benzene rings is 1. The Morgan fingerprint density at radius 2 is 1.90 bits per heavy atom. The van der Waals surface area contributed by atoms with Crippen molar-refractivity contribution in [3.63, 3.8) is 0 Å². The van der Waals surface area contributed by atoms with E-state index in [-0.39, 0.29) is 28.8 Å². The van der Waals surface area contributed by atoms with Gasteiger partial charge in [0.05, 0.1) is 7.11 Å². The molecule has 0 fully saturated rings. The predicted octanol–water partition coefficient (Wildman–Crippen LogP) is 1.02. The van der Waals surface area contributed by atoms with Crippen LogP contribution in [-0.2, 0) is 0 Å².